The number of ether oxygens (including phenoxy) is 1. The maximum absolute atomic E-state index is 12.0. The van der Waals surface area contributed by atoms with E-state index in [0.29, 0.717) is 5.56 Å². The minimum atomic E-state index is -1.11. The fourth-order valence-electron chi connectivity index (χ4n) is 2.84. The van der Waals surface area contributed by atoms with Gasteiger partial charge in [0, 0.05) is 11.5 Å². The van der Waals surface area contributed by atoms with E-state index >= 15 is 0 Å². The lowest BCUT2D eigenvalue weighted by Gasteiger charge is -2.20. The van der Waals surface area contributed by atoms with E-state index in [4.69, 9.17) is 4.74 Å². The fraction of sp³-hybridized carbons (Fsp3) is 0.474. The zero-order chi connectivity index (χ0) is 19.6. The Balaban J connectivity index is 1.67. The minimum absolute atomic E-state index is 0.0551. The van der Waals surface area contributed by atoms with E-state index < -0.39 is 23.9 Å². The van der Waals surface area contributed by atoms with Gasteiger partial charge in [-0.15, -0.1) is 0 Å². The van der Waals surface area contributed by atoms with Gasteiger partial charge in [-0.05, 0) is 31.9 Å². The van der Waals surface area contributed by atoms with Crippen LogP contribution in [0, 0.1) is 5.92 Å². The Morgan fingerprint density at radius 2 is 1.70 bits per heavy atom. The second-order valence-corrected chi connectivity index (χ2v) is 6.49. The molecule has 0 heterocycles. The van der Waals surface area contributed by atoms with Crippen LogP contribution in [0.2, 0.25) is 0 Å². The number of hydrogen-bond acceptors (Lipinski definition) is 5. The van der Waals surface area contributed by atoms with Crippen molar-refractivity contribution < 1.29 is 23.9 Å². The van der Waals surface area contributed by atoms with Crippen LogP contribution in [-0.4, -0.2) is 36.3 Å². The highest BCUT2D eigenvalue weighted by Gasteiger charge is 2.23. The van der Waals surface area contributed by atoms with Gasteiger partial charge in [0.1, 0.15) is 6.54 Å². The molecule has 1 saturated carbocycles. The Kier molecular flexibility index (Phi) is 7.79. The maximum atomic E-state index is 12.0. The highest BCUT2D eigenvalue weighted by Crippen LogP contribution is 2.23. The molecule has 0 aliphatic heterocycles. The molecule has 0 saturated heterocycles. The molecule has 0 unspecified atom stereocenters. The van der Waals surface area contributed by atoms with Crippen LogP contribution in [0.5, 0.6) is 0 Å². The SMILES string of the molecule is C[C@@H](OC(=O)CNC(=O)C1CCCCC1)C(=O)NNC(=O)c1ccccc1. The summed E-state index contributed by atoms with van der Waals surface area (Å²) in [4.78, 5) is 47.5. The van der Waals surface area contributed by atoms with Crippen LogP contribution < -0.4 is 16.2 Å². The molecule has 0 bridgehead atoms. The molecular weight excluding hydrogens is 350 g/mol. The van der Waals surface area contributed by atoms with Gasteiger partial charge in [0.25, 0.3) is 11.8 Å². The second-order valence-electron chi connectivity index (χ2n) is 6.49. The monoisotopic (exact) mass is 375 g/mol. The highest BCUT2D eigenvalue weighted by atomic mass is 16.5. The van der Waals surface area contributed by atoms with Gasteiger partial charge in [-0.2, -0.15) is 0 Å². The number of rotatable bonds is 6. The molecular formula is C19H25N3O5. The lowest BCUT2D eigenvalue weighted by molar-refractivity contribution is -0.154. The zero-order valence-corrected chi connectivity index (χ0v) is 15.3. The van der Waals surface area contributed by atoms with Crippen molar-refractivity contribution in [3.05, 3.63) is 35.9 Å². The predicted molar refractivity (Wildman–Crippen MR) is 97.2 cm³/mol. The molecule has 2 rings (SSSR count). The molecule has 0 radical (unpaired) electrons. The average molecular weight is 375 g/mol. The largest absolute Gasteiger partial charge is 0.451 e. The molecule has 8 heteroatoms. The number of esters is 1. The van der Waals surface area contributed by atoms with Crippen molar-refractivity contribution in [2.24, 2.45) is 5.92 Å². The van der Waals surface area contributed by atoms with Gasteiger partial charge in [-0.25, -0.2) is 0 Å². The molecule has 1 aromatic carbocycles. The topological polar surface area (TPSA) is 114 Å². The first-order valence-corrected chi connectivity index (χ1v) is 9.10. The molecule has 1 aromatic rings. The standard InChI is InChI=1S/C19H25N3O5/c1-13(17(24)21-22-19(26)15-10-6-3-7-11-15)27-16(23)12-20-18(25)14-8-4-2-5-9-14/h3,6-7,10-11,13-14H,2,4-5,8-9,12H2,1H3,(H,20,25)(H,21,24)(H,22,26)/t13-/m1/s1. The maximum Gasteiger partial charge on any atom is 0.326 e. The summed E-state index contributed by atoms with van der Waals surface area (Å²) >= 11 is 0. The number of amides is 3. The summed E-state index contributed by atoms with van der Waals surface area (Å²) in [7, 11) is 0. The second kappa shape index (κ2) is 10.3. The van der Waals surface area contributed by atoms with E-state index in [9.17, 15) is 19.2 Å². The summed E-state index contributed by atoms with van der Waals surface area (Å²) in [6.45, 7) is 1.09. The van der Waals surface area contributed by atoms with E-state index in [1.807, 2.05) is 0 Å². The lowest BCUT2D eigenvalue weighted by atomic mass is 9.89. The van der Waals surface area contributed by atoms with Crippen LogP contribution in [-0.2, 0) is 19.1 Å². The van der Waals surface area contributed by atoms with E-state index in [1.165, 1.54) is 6.92 Å². The summed E-state index contributed by atoms with van der Waals surface area (Å²) in [5, 5.41) is 2.55. The van der Waals surface area contributed by atoms with Crippen molar-refractivity contribution >= 4 is 23.7 Å². The summed E-state index contributed by atoms with van der Waals surface area (Å²) in [5.74, 6) is -2.08. The Hall–Kier alpha value is -2.90. The Morgan fingerprint density at radius 3 is 2.37 bits per heavy atom. The molecule has 146 valence electrons. The van der Waals surface area contributed by atoms with Gasteiger partial charge in [0.05, 0.1) is 0 Å². The van der Waals surface area contributed by atoms with E-state index in [2.05, 4.69) is 16.2 Å². The van der Waals surface area contributed by atoms with Crippen molar-refractivity contribution in [2.45, 2.75) is 45.1 Å². The van der Waals surface area contributed by atoms with E-state index in [-0.39, 0.29) is 18.4 Å². The third-order valence-corrected chi connectivity index (χ3v) is 4.40. The van der Waals surface area contributed by atoms with Crippen molar-refractivity contribution in [3.63, 3.8) is 0 Å². The highest BCUT2D eigenvalue weighted by molar-refractivity contribution is 5.95. The number of nitrogens with one attached hydrogen (secondary N) is 3. The first kappa shape index (κ1) is 20.4. The van der Waals surface area contributed by atoms with Crippen molar-refractivity contribution in [1.29, 1.82) is 0 Å². The van der Waals surface area contributed by atoms with Gasteiger partial charge in [-0.3, -0.25) is 30.0 Å². The summed E-state index contributed by atoms with van der Waals surface area (Å²) < 4.78 is 4.97. The normalized spacial score (nSPS) is 15.3. The predicted octanol–water partition coefficient (Wildman–Crippen LogP) is 1.08. The van der Waals surface area contributed by atoms with Crippen molar-refractivity contribution in [3.8, 4) is 0 Å². The average Bonchev–Trinajstić information content (AvgIpc) is 2.71. The van der Waals surface area contributed by atoms with Gasteiger partial charge in [0.15, 0.2) is 6.10 Å². The fourth-order valence-corrected chi connectivity index (χ4v) is 2.84. The third-order valence-electron chi connectivity index (χ3n) is 4.40. The summed E-state index contributed by atoms with van der Waals surface area (Å²) in [6, 6.07) is 8.36. The van der Waals surface area contributed by atoms with Crippen LogP contribution >= 0.6 is 0 Å². The van der Waals surface area contributed by atoms with Crippen LogP contribution in [0.4, 0.5) is 0 Å². The molecule has 27 heavy (non-hydrogen) atoms. The molecule has 8 nitrogen and oxygen atoms in total. The quantitative estimate of drug-likeness (QED) is 0.508. The molecule has 1 aliphatic rings. The van der Waals surface area contributed by atoms with Gasteiger partial charge < -0.3 is 10.1 Å². The summed E-state index contributed by atoms with van der Waals surface area (Å²) in [6.07, 6.45) is 3.74. The smallest absolute Gasteiger partial charge is 0.326 e. The molecule has 0 spiro atoms. The molecule has 1 atom stereocenters. The molecule has 3 amide bonds. The Labute approximate surface area is 158 Å². The van der Waals surface area contributed by atoms with Crippen LogP contribution in [0.1, 0.15) is 49.4 Å². The van der Waals surface area contributed by atoms with E-state index in [0.717, 1.165) is 32.1 Å². The number of hydrogen-bond donors (Lipinski definition) is 3. The molecule has 0 aromatic heterocycles. The first-order chi connectivity index (χ1) is 13.0. The van der Waals surface area contributed by atoms with Crippen molar-refractivity contribution in [2.75, 3.05) is 6.54 Å². The van der Waals surface area contributed by atoms with E-state index in [1.54, 1.807) is 30.3 Å². The third kappa shape index (κ3) is 6.73. The number of benzene rings is 1. The van der Waals surface area contributed by atoms with Crippen LogP contribution in [0.3, 0.4) is 0 Å². The molecule has 1 fully saturated rings. The lowest BCUT2D eigenvalue weighted by Crippen LogP contribution is -2.47. The van der Waals surface area contributed by atoms with Crippen LogP contribution in [0.15, 0.2) is 30.3 Å². The number of carbonyl (C=O) groups is 4. The van der Waals surface area contributed by atoms with Gasteiger partial charge >= 0.3 is 5.97 Å². The Bertz CT molecular complexity index is 671. The number of carbonyl (C=O) groups excluding carboxylic acids is 4. The summed E-state index contributed by atoms with van der Waals surface area (Å²) in [5.41, 5.74) is 4.83. The Morgan fingerprint density at radius 1 is 1.04 bits per heavy atom. The zero-order valence-electron chi connectivity index (χ0n) is 15.3. The van der Waals surface area contributed by atoms with Crippen molar-refractivity contribution in [1.82, 2.24) is 16.2 Å². The van der Waals surface area contributed by atoms with Gasteiger partial charge in [0.2, 0.25) is 5.91 Å². The van der Waals surface area contributed by atoms with Gasteiger partial charge in [-0.1, -0.05) is 37.5 Å². The number of hydrazine groups is 1. The molecule has 1 aliphatic carbocycles. The minimum Gasteiger partial charge on any atom is -0.451 e. The van der Waals surface area contributed by atoms with Crippen LogP contribution in [0.25, 0.3) is 0 Å². The first-order valence-electron chi connectivity index (χ1n) is 9.10. The molecule has 3 N–H and O–H groups in total.